The SMILES string of the molecule is C#C[C@@H](O)[C@@H](C)[C@H]1CC[C@H]2[C@@H]3CC[C@@H]4C[C@@](O)(C(F)(F)F)CC[C@]4(C)[C@H]3CC[C@]12C. The summed E-state index contributed by atoms with van der Waals surface area (Å²) in [6, 6.07) is 0. The lowest BCUT2D eigenvalue weighted by molar-refractivity contribution is -0.290. The average Bonchev–Trinajstić information content (AvgIpc) is 3.03. The van der Waals surface area contributed by atoms with Crippen molar-refractivity contribution in [1.29, 1.82) is 0 Å². The monoisotopic (exact) mass is 426 g/mol. The molecule has 170 valence electrons. The Kier molecular flexibility index (Phi) is 5.34. The first kappa shape index (κ1) is 22.5. The van der Waals surface area contributed by atoms with Crippen LogP contribution in [0.4, 0.5) is 13.2 Å². The third-order valence-corrected chi connectivity index (χ3v) is 10.6. The third kappa shape index (κ3) is 3.07. The predicted octanol–water partition coefficient (Wildman–Crippen LogP) is 5.57. The fourth-order valence-electron chi connectivity index (χ4n) is 8.78. The van der Waals surface area contributed by atoms with Gasteiger partial charge in [0.15, 0.2) is 5.60 Å². The van der Waals surface area contributed by atoms with Crippen LogP contribution in [0, 0.1) is 58.7 Å². The van der Waals surface area contributed by atoms with Crippen molar-refractivity contribution in [3.63, 3.8) is 0 Å². The maximum absolute atomic E-state index is 13.5. The van der Waals surface area contributed by atoms with Gasteiger partial charge in [-0.3, -0.25) is 0 Å². The summed E-state index contributed by atoms with van der Waals surface area (Å²) in [4.78, 5) is 0. The number of rotatable bonds is 2. The van der Waals surface area contributed by atoms with Crippen molar-refractivity contribution in [3.05, 3.63) is 0 Å². The van der Waals surface area contributed by atoms with E-state index in [0.717, 1.165) is 38.5 Å². The molecule has 0 unspecified atom stereocenters. The Morgan fingerprint density at radius 2 is 1.63 bits per heavy atom. The summed E-state index contributed by atoms with van der Waals surface area (Å²) >= 11 is 0. The molecule has 4 aliphatic carbocycles. The average molecular weight is 427 g/mol. The molecule has 2 N–H and O–H groups in total. The normalized spacial score (nSPS) is 50.6. The van der Waals surface area contributed by atoms with Crippen LogP contribution in [0.2, 0.25) is 0 Å². The van der Waals surface area contributed by atoms with E-state index in [1.165, 1.54) is 0 Å². The van der Waals surface area contributed by atoms with Gasteiger partial charge in [-0.05, 0) is 104 Å². The van der Waals surface area contributed by atoms with Crippen LogP contribution in [0.25, 0.3) is 0 Å². The van der Waals surface area contributed by atoms with Gasteiger partial charge in [0.05, 0.1) is 0 Å². The van der Waals surface area contributed by atoms with Gasteiger partial charge in [-0.2, -0.15) is 13.2 Å². The van der Waals surface area contributed by atoms with Crippen molar-refractivity contribution in [3.8, 4) is 12.3 Å². The van der Waals surface area contributed by atoms with E-state index in [1.807, 2.05) is 0 Å². The molecule has 0 aromatic heterocycles. The lowest BCUT2D eigenvalue weighted by Crippen LogP contribution is -2.59. The first-order valence-corrected chi connectivity index (χ1v) is 11.8. The summed E-state index contributed by atoms with van der Waals surface area (Å²) in [7, 11) is 0. The Bertz CT molecular complexity index is 714. The zero-order chi connectivity index (χ0) is 22.1. The lowest BCUT2D eigenvalue weighted by Gasteiger charge is -2.62. The van der Waals surface area contributed by atoms with E-state index in [2.05, 4.69) is 26.7 Å². The second-order valence-corrected chi connectivity index (χ2v) is 11.6. The van der Waals surface area contributed by atoms with Gasteiger partial charge in [0.25, 0.3) is 0 Å². The molecule has 0 aromatic rings. The molecule has 4 fully saturated rings. The zero-order valence-electron chi connectivity index (χ0n) is 18.5. The molecule has 0 saturated heterocycles. The lowest BCUT2D eigenvalue weighted by atomic mass is 9.43. The minimum absolute atomic E-state index is 0.0529. The maximum Gasteiger partial charge on any atom is 0.417 e. The molecule has 0 spiro atoms. The molecule has 4 saturated carbocycles. The van der Waals surface area contributed by atoms with Crippen LogP contribution >= 0.6 is 0 Å². The smallest absolute Gasteiger partial charge is 0.380 e. The van der Waals surface area contributed by atoms with Crippen molar-refractivity contribution >= 4 is 0 Å². The number of halogens is 3. The van der Waals surface area contributed by atoms with Crippen LogP contribution < -0.4 is 0 Å². The maximum atomic E-state index is 13.5. The highest BCUT2D eigenvalue weighted by atomic mass is 19.4. The summed E-state index contributed by atoms with van der Waals surface area (Å²) < 4.78 is 40.5. The van der Waals surface area contributed by atoms with Crippen LogP contribution in [-0.2, 0) is 0 Å². The molecule has 4 aliphatic rings. The van der Waals surface area contributed by atoms with Crippen molar-refractivity contribution in [1.82, 2.24) is 0 Å². The Labute approximate surface area is 179 Å². The predicted molar refractivity (Wildman–Crippen MR) is 110 cm³/mol. The molecular weight excluding hydrogens is 389 g/mol. The molecule has 0 amide bonds. The van der Waals surface area contributed by atoms with Gasteiger partial charge in [0.2, 0.25) is 0 Å². The molecule has 0 bridgehead atoms. The van der Waals surface area contributed by atoms with E-state index < -0.39 is 17.9 Å². The molecular formula is C25H37F3O2. The van der Waals surface area contributed by atoms with Gasteiger partial charge in [0, 0.05) is 0 Å². The number of hydrogen-bond acceptors (Lipinski definition) is 2. The number of aliphatic hydroxyl groups excluding tert-OH is 1. The van der Waals surface area contributed by atoms with Crippen LogP contribution in [0.5, 0.6) is 0 Å². The van der Waals surface area contributed by atoms with Gasteiger partial charge in [-0.15, -0.1) is 6.42 Å². The second kappa shape index (κ2) is 7.14. The van der Waals surface area contributed by atoms with Crippen molar-refractivity contribution in [2.75, 3.05) is 0 Å². The molecule has 10 atom stereocenters. The van der Waals surface area contributed by atoms with E-state index in [4.69, 9.17) is 6.42 Å². The molecule has 4 rings (SSSR count). The Balaban J connectivity index is 1.56. The van der Waals surface area contributed by atoms with Crippen LogP contribution in [0.15, 0.2) is 0 Å². The van der Waals surface area contributed by atoms with Crippen LogP contribution in [0.3, 0.4) is 0 Å². The molecule has 0 aliphatic heterocycles. The molecule has 2 nitrogen and oxygen atoms in total. The number of alkyl halides is 3. The summed E-state index contributed by atoms with van der Waals surface area (Å²) in [5, 5.41) is 20.6. The summed E-state index contributed by atoms with van der Waals surface area (Å²) in [5.74, 6) is 4.49. The van der Waals surface area contributed by atoms with Gasteiger partial charge in [-0.25, -0.2) is 0 Å². The number of terminal acetylenes is 1. The minimum Gasteiger partial charge on any atom is -0.380 e. The van der Waals surface area contributed by atoms with Crippen molar-refractivity contribution in [2.24, 2.45) is 46.3 Å². The fraction of sp³-hybridized carbons (Fsp3) is 0.920. The highest BCUT2D eigenvalue weighted by Crippen LogP contribution is 2.69. The molecule has 30 heavy (non-hydrogen) atoms. The molecule has 0 aromatic carbocycles. The van der Waals surface area contributed by atoms with Gasteiger partial charge in [0.1, 0.15) is 6.10 Å². The molecule has 0 radical (unpaired) electrons. The van der Waals surface area contributed by atoms with Gasteiger partial charge < -0.3 is 10.2 Å². The molecule has 5 heteroatoms. The van der Waals surface area contributed by atoms with Crippen LogP contribution in [0.1, 0.15) is 78.6 Å². The van der Waals surface area contributed by atoms with E-state index >= 15 is 0 Å². The highest BCUT2D eigenvalue weighted by molar-refractivity contribution is 5.12. The van der Waals surface area contributed by atoms with E-state index in [9.17, 15) is 23.4 Å². The van der Waals surface area contributed by atoms with Crippen molar-refractivity contribution < 1.29 is 23.4 Å². The summed E-state index contributed by atoms with van der Waals surface area (Å²) in [5.41, 5.74) is -2.46. The summed E-state index contributed by atoms with van der Waals surface area (Å²) in [6.07, 6.45) is 6.51. The largest absolute Gasteiger partial charge is 0.417 e. The van der Waals surface area contributed by atoms with Crippen LogP contribution in [-0.4, -0.2) is 28.1 Å². The third-order valence-electron chi connectivity index (χ3n) is 10.6. The van der Waals surface area contributed by atoms with E-state index in [0.29, 0.717) is 30.1 Å². The fourth-order valence-corrected chi connectivity index (χ4v) is 8.78. The van der Waals surface area contributed by atoms with E-state index in [1.54, 1.807) is 0 Å². The first-order valence-electron chi connectivity index (χ1n) is 11.8. The molecule has 0 heterocycles. The Morgan fingerprint density at radius 1 is 0.967 bits per heavy atom. The van der Waals surface area contributed by atoms with Crippen molar-refractivity contribution in [2.45, 2.75) is 96.4 Å². The van der Waals surface area contributed by atoms with E-state index in [-0.39, 0.29) is 35.5 Å². The quantitative estimate of drug-likeness (QED) is 0.567. The minimum atomic E-state index is -4.54. The number of fused-ring (bicyclic) bond motifs is 5. The summed E-state index contributed by atoms with van der Waals surface area (Å²) in [6.45, 7) is 6.67. The highest BCUT2D eigenvalue weighted by Gasteiger charge is 2.65. The Morgan fingerprint density at radius 3 is 2.27 bits per heavy atom. The Hall–Kier alpha value is -0.730. The topological polar surface area (TPSA) is 40.5 Å². The van der Waals surface area contributed by atoms with Gasteiger partial charge in [-0.1, -0.05) is 26.7 Å². The first-order chi connectivity index (χ1) is 13.9. The number of aliphatic hydroxyl groups is 2. The zero-order valence-corrected chi connectivity index (χ0v) is 18.5. The standard InChI is InChI=1S/C25H37F3O2/c1-5-21(29)15(2)18-8-9-19-17-7-6-16-14-24(30,25(26,27)28)13-12-22(16,3)20(17)10-11-23(18,19)4/h1,15-21,29-30H,6-14H2,2-4H3/t15-,16+,17-,18+,19-,20-,21+,22-,23+,24+/m0/s1. The number of hydrogen-bond donors (Lipinski definition) is 2. The second-order valence-electron chi connectivity index (χ2n) is 11.6. The van der Waals surface area contributed by atoms with Gasteiger partial charge >= 0.3 is 6.18 Å².